The molecule has 0 unspecified atom stereocenters. The Balaban J connectivity index is 1.55. The van der Waals surface area contributed by atoms with Crippen LogP contribution in [0.15, 0.2) is 45.7 Å². The molecule has 3 aromatic rings. The van der Waals surface area contributed by atoms with Crippen molar-refractivity contribution < 1.29 is 9.59 Å². The molecule has 0 atom stereocenters. The number of thioether (sulfide) groups is 1. The monoisotopic (exact) mass is 401 g/mol. The van der Waals surface area contributed by atoms with Crippen LogP contribution < -0.4 is 10.9 Å². The van der Waals surface area contributed by atoms with Crippen LogP contribution in [0.3, 0.4) is 0 Å². The predicted molar refractivity (Wildman–Crippen MR) is 110 cm³/mol. The Morgan fingerprint density at radius 1 is 1.26 bits per heavy atom. The van der Waals surface area contributed by atoms with Gasteiger partial charge < -0.3 is 5.32 Å². The number of fused-ring (bicyclic) bond motifs is 1. The van der Waals surface area contributed by atoms with E-state index in [2.05, 4.69) is 10.3 Å². The van der Waals surface area contributed by atoms with Crippen molar-refractivity contribution >= 4 is 50.7 Å². The largest absolute Gasteiger partial charge is 0.325 e. The molecule has 0 saturated carbocycles. The van der Waals surface area contributed by atoms with Gasteiger partial charge in [-0.05, 0) is 36.9 Å². The van der Waals surface area contributed by atoms with E-state index in [1.807, 2.05) is 5.38 Å². The third-order valence-electron chi connectivity index (χ3n) is 4.02. The van der Waals surface area contributed by atoms with E-state index in [1.54, 1.807) is 41.9 Å². The summed E-state index contributed by atoms with van der Waals surface area (Å²) in [5.41, 5.74) is 0.987. The molecule has 8 heteroatoms. The number of nitrogens with zero attached hydrogens (tertiary/aromatic N) is 2. The van der Waals surface area contributed by atoms with Crippen molar-refractivity contribution in [3.05, 3.63) is 51.6 Å². The van der Waals surface area contributed by atoms with Crippen LogP contribution in [0.4, 0.5) is 5.69 Å². The first-order valence-corrected chi connectivity index (χ1v) is 10.3. The number of Topliss-reactive ketones (excluding diaryl/α,β-unsaturated/α-hetero) is 1. The molecule has 6 nitrogen and oxygen atoms in total. The lowest BCUT2D eigenvalue weighted by molar-refractivity contribution is -0.116. The highest BCUT2D eigenvalue weighted by Crippen LogP contribution is 2.21. The second-order valence-corrected chi connectivity index (χ2v) is 7.96. The van der Waals surface area contributed by atoms with Gasteiger partial charge in [-0.25, -0.2) is 4.98 Å². The minimum atomic E-state index is -0.139. The van der Waals surface area contributed by atoms with Crippen molar-refractivity contribution in [1.82, 2.24) is 9.55 Å². The van der Waals surface area contributed by atoms with Gasteiger partial charge in [0.25, 0.3) is 5.56 Å². The van der Waals surface area contributed by atoms with Gasteiger partial charge in [-0.15, -0.1) is 11.3 Å². The maximum Gasteiger partial charge on any atom is 0.262 e. The zero-order chi connectivity index (χ0) is 19.4. The maximum atomic E-state index is 12.3. The summed E-state index contributed by atoms with van der Waals surface area (Å²) in [6, 6.07) is 8.75. The number of benzene rings is 1. The van der Waals surface area contributed by atoms with E-state index in [9.17, 15) is 14.4 Å². The van der Waals surface area contributed by atoms with Crippen molar-refractivity contribution in [3.63, 3.8) is 0 Å². The van der Waals surface area contributed by atoms with Crippen molar-refractivity contribution in [2.75, 3.05) is 11.1 Å². The normalized spacial score (nSPS) is 10.9. The van der Waals surface area contributed by atoms with Gasteiger partial charge in [-0.1, -0.05) is 23.9 Å². The Kier molecular flexibility index (Phi) is 6.08. The lowest BCUT2D eigenvalue weighted by Crippen LogP contribution is -2.19. The van der Waals surface area contributed by atoms with Gasteiger partial charge in [-0.2, -0.15) is 0 Å². The fraction of sp³-hybridized carbons (Fsp3) is 0.263. The summed E-state index contributed by atoms with van der Waals surface area (Å²) in [7, 11) is 1.71. The number of para-hydroxylation sites is 1. The number of nitrogens with one attached hydrogen (secondary N) is 1. The van der Waals surface area contributed by atoms with E-state index in [-0.39, 0.29) is 17.2 Å². The zero-order valence-corrected chi connectivity index (χ0v) is 16.7. The molecule has 0 fully saturated rings. The first-order valence-electron chi connectivity index (χ1n) is 8.44. The van der Waals surface area contributed by atoms with Crippen LogP contribution in [-0.2, 0) is 11.8 Å². The van der Waals surface area contributed by atoms with Crippen molar-refractivity contribution in [2.45, 2.75) is 24.9 Å². The summed E-state index contributed by atoms with van der Waals surface area (Å²) < 4.78 is 1.54. The summed E-state index contributed by atoms with van der Waals surface area (Å²) >= 11 is 2.90. The SMILES string of the molecule is CC(=O)c1ccccc1NC(=O)CCCSc1nc2sccc2c(=O)n1C. The molecular weight excluding hydrogens is 382 g/mol. The molecule has 140 valence electrons. The minimum Gasteiger partial charge on any atom is -0.325 e. The molecule has 1 N–H and O–H groups in total. The Morgan fingerprint density at radius 3 is 2.81 bits per heavy atom. The Hall–Kier alpha value is -2.45. The highest BCUT2D eigenvalue weighted by atomic mass is 32.2. The number of ketones is 1. The average molecular weight is 402 g/mol. The average Bonchev–Trinajstić information content (AvgIpc) is 3.11. The van der Waals surface area contributed by atoms with Gasteiger partial charge in [0.15, 0.2) is 10.9 Å². The highest BCUT2D eigenvalue weighted by Gasteiger charge is 2.11. The first-order chi connectivity index (χ1) is 13.0. The molecule has 0 aliphatic heterocycles. The van der Waals surface area contributed by atoms with Gasteiger partial charge >= 0.3 is 0 Å². The number of thiophene rings is 1. The smallest absolute Gasteiger partial charge is 0.262 e. The lowest BCUT2D eigenvalue weighted by Gasteiger charge is -2.09. The number of anilines is 1. The van der Waals surface area contributed by atoms with Gasteiger partial charge in [0, 0.05) is 24.8 Å². The molecular formula is C19H19N3O3S2. The van der Waals surface area contributed by atoms with Gasteiger partial charge in [0.1, 0.15) is 4.83 Å². The van der Waals surface area contributed by atoms with E-state index < -0.39 is 0 Å². The van der Waals surface area contributed by atoms with Gasteiger partial charge in [-0.3, -0.25) is 19.0 Å². The molecule has 2 aromatic heterocycles. The molecule has 1 amide bonds. The standard InChI is InChI=1S/C19H19N3O3S2/c1-12(23)13-6-3-4-7-15(13)20-16(24)8-5-10-27-19-21-17-14(9-11-26-17)18(25)22(19)2/h3-4,6-7,9,11H,5,8,10H2,1-2H3,(H,20,24). The van der Waals surface area contributed by atoms with Crippen LogP contribution in [0.1, 0.15) is 30.1 Å². The molecule has 27 heavy (non-hydrogen) atoms. The summed E-state index contributed by atoms with van der Waals surface area (Å²) in [5, 5.41) is 5.94. The number of hydrogen-bond acceptors (Lipinski definition) is 6. The highest BCUT2D eigenvalue weighted by molar-refractivity contribution is 7.99. The minimum absolute atomic E-state index is 0.0534. The van der Waals surface area contributed by atoms with Crippen LogP contribution >= 0.6 is 23.1 Å². The molecule has 0 radical (unpaired) electrons. The Bertz CT molecular complexity index is 1060. The van der Waals surface area contributed by atoms with Crippen LogP contribution in [0.2, 0.25) is 0 Å². The molecule has 0 aliphatic rings. The van der Waals surface area contributed by atoms with Crippen LogP contribution in [0, 0.1) is 0 Å². The second kappa shape index (κ2) is 8.49. The van der Waals surface area contributed by atoms with Crippen molar-refractivity contribution in [1.29, 1.82) is 0 Å². The number of aromatic nitrogens is 2. The second-order valence-electron chi connectivity index (χ2n) is 6.00. The number of hydrogen-bond donors (Lipinski definition) is 1. The molecule has 0 aliphatic carbocycles. The third kappa shape index (κ3) is 4.45. The van der Waals surface area contributed by atoms with Crippen molar-refractivity contribution in [3.8, 4) is 0 Å². The van der Waals surface area contributed by atoms with Crippen LogP contribution in [-0.4, -0.2) is 27.0 Å². The quantitative estimate of drug-likeness (QED) is 0.282. The summed E-state index contributed by atoms with van der Waals surface area (Å²) in [4.78, 5) is 41.3. The van der Waals surface area contributed by atoms with Crippen LogP contribution in [0.25, 0.3) is 10.2 Å². The first kappa shape index (κ1) is 19.3. The predicted octanol–water partition coefficient (Wildman–Crippen LogP) is 3.71. The molecule has 2 heterocycles. The van der Waals surface area contributed by atoms with E-state index in [0.717, 1.165) is 4.83 Å². The molecule has 3 rings (SSSR count). The Labute approximate surface area is 164 Å². The van der Waals surface area contributed by atoms with Crippen molar-refractivity contribution in [2.24, 2.45) is 7.05 Å². The lowest BCUT2D eigenvalue weighted by atomic mass is 10.1. The number of carbonyl (C=O) groups is 2. The Morgan fingerprint density at radius 2 is 2.04 bits per heavy atom. The van der Waals surface area contributed by atoms with Gasteiger partial charge in [0.2, 0.25) is 5.91 Å². The van der Waals surface area contributed by atoms with E-state index in [1.165, 1.54) is 30.0 Å². The maximum absolute atomic E-state index is 12.3. The topological polar surface area (TPSA) is 81.1 Å². The number of amides is 1. The number of carbonyl (C=O) groups excluding carboxylic acids is 2. The molecule has 0 bridgehead atoms. The van der Waals surface area contributed by atoms with Gasteiger partial charge in [0.05, 0.1) is 11.1 Å². The third-order valence-corrected chi connectivity index (χ3v) is 5.95. The van der Waals surface area contributed by atoms with E-state index in [4.69, 9.17) is 0 Å². The fourth-order valence-electron chi connectivity index (χ4n) is 2.62. The molecule has 0 saturated heterocycles. The summed E-state index contributed by atoms with van der Waals surface area (Å²) in [5.74, 6) is 0.441. The van der Waals surface area contributed by atoms with E-state index in [0.29, 0.717) is 40.4 Å². The number of rotatable bonds is 7. The van der Waals surface area contributed by atoms with E-state index >= 15 is 0 Å². The zero-order valence-electron chi connectivity index (χ0n) is 15.0. The fourth-order valence-corrected chi connectivity index (χ4v) is 4.33. The summed E-state index contributed by atoms with van der Waals surface area (Å²) in [6.07, 6.45) is 0.964. The summed E-state index contributed by atoms with van der Waals surface area (Å²) in [6.45, 7) is 1.48. The molecule has 1 aromatic carbocycles. The van der Waals surface area contributed by atoms with Crippen LogP contribution in [0.5, 0.6) is 0 Å². The molecule has 0 spiro atoms.